The second kappa shape index (κ2) is 7.65. The van der Waals surface area contributed by atoms with Crippen LogP contribution >= 0.6 is 0 Å². The van der Waals surface area contributed by atoms with Crippen molar-refractivity contribution >= 4 is 0 Å². The predicted octanol–water partition coefficient (Wildman–Crippen LogP) is -0.164. The van der Waals surface area contributed by atoms with Crippen molar-refractivity contribution < 1.29 is 33.9 Å². The van der Waals surface area contributed by atoms with Crippen LogP contribution in [0.3, 0.4) is 0 Å². The Labute approximate surface area is 127 Å². The van der Waals surface area contributed by atoms with Gasteiger partial charge in [0.25, 0.3) is 0 Å². The van der Waals surface area contributed by atoms with Crippen molar-refractivity contribution in [2.24, 2.45) is 0 Å². The van der Waals surface area contributed by atoms with Crippen LogP contribution in [0, 0.1) is 40.5 Å². The van der Waals surface area contributed by atoms with Gasteiger partial charge in [-0.05, 0) is 6.92 Å². The van der Waals surface area contributed by atoms with Crippen molar-refractivity contribution in [3.8, 4) is 0 Å². The second-order valence-corrected chi connectivity index (χ2v) is 4.49. The van der Waals surface area contributed by atoms with Gasteiger partial charge in [-0.15, -0.1) is 0 Å². The Hall–Kier alpha value is -2.52. The van der Waals surface area contributed by atoms with Gasteiger partial charge in [0.2, 0.25) is 0 Å². The fourth-order valence-electron chi connectivity index (χ4n) is 0.909. The first-order valence-electron chi connectivity index (χ1n) is 5.83. The van der Waals surface area contributed by atoms with Gasteiger partial charge < -0.3 is 9.47 Å². The smallest absolute Gasteiger partial charge is 0.337 e. The molecule has 1 atom stereocenters. The minimum absolute atomic E-state index is 0.582. The molecule has 132 valence electrons. The van der Waals surface area contributed by atoms with Crippen LogP contribution in [0.1, 0.15) is 20.8 Å². The minimum atomic E-state index is -2.95. The van der Waals surface area contributed by atoms with Crippen LogP contribution in [0.15, 0.2) is 0 Å². The predicted molar refractivity (Wildman–Crippen MR) is 67.2 cm³/mol. The van der Waals surface area contributed by atoms with Crippen molar-refractivity contribution in [2.75, 3.05) is 13.4 Å². The molecule has 0 aromatic heterocycles. The van der Waals surface area contributed by atoms with Crippen molar-refractivity contribution in [1.29, 1.82) is 0 Å². The number of nitrogens with zero attached hydrogens (tertiary/aromatic N) is 4. The molecule has 1 unspecified atom stereocenters. The van der Waals surface area contributed by atoms with Crippen molar-refractivity contribution in [1.82, 2.24) is 0 Å². The van der Waals surface area contributed by atoms with Crippen LogP contribution in [-0.4, -0.2) is 50.9 Å². The van der Waals surface area contributed by atoms with Crippen LogP contribution in [0.2, 0.25) is 0 Å². The second-order valence-electron chi connectivity index (χ2n) is 4.49. The number of hydrogen-bond acceptors (Lipinski definition) is 11. The highest BCUT2D eigenvalue weighted by Gasteiger charge is 2.53. The molecule has 0 spiro atoms. The molecule has 0 saturated carbocycles. The van der Waals surface area contributed by atoms with Gasteiger partial charge in [0, 0.05) is 0 Å². The van der Waals surface area contributed by atoms with E-state index in [2.05, 4.69) is 4.74 Å². The summed E-state index contributed by atoms with van der Waals surface area (Å²) in [5.41, 5.74) is -2.62. The number of rotatable bonds is 11. The van der Waals surface area contributed by atoms with E-state index in [9.17, 15) is 40.5 Å². The lowest BCUT2D eigenvalue weighted by atomic mass is 10.2. The maximum absolute atomic E-state index is 10.6. The Bertz CT molecular complexity index is 466. The first kappa shape index (κ1) is 20.5. The molecule has 0 bridgehead atoms. The maximum Gasteiger partial charge on any atom is 0.577 e. The standard InChI is InChI=1S/C8H14N4O11/c1-6(21-4-7(2,9(13)14)10(15)16)22-5-23-8(3,11(17)18)12(19)20/h6H,4-5H2,1-3H3. The summed E-state index contributed by atoms with van der Waals surface area (Å²) in [6.07, 6.45) is -1.31. The third-order valence-electron chi connectivity index (χ3n) is 2.69. The van der Waals surface area contributed by atoms with Gasteiger partial charge in [-0.2, -0.15) is 0 Å². The number of nitro groups is 4. The zero-order valence-electron chi connectivity index (χ0n) is 12.3. The average Bonchev–Trinajstić information content (AvgIpc) is 2.43. The van der Waals surface area contributed by atoms with E-state index in [1.807, 2.05) is 0 Å². The van der Waals surface area contributed by atoms with Gasteiger partial charge in [-0.25, -0.2) is 4.74 Å². The molecular formula is C8H14N4O11. The quantitative estimate of drug-likeness (QED) is 0.274. The maximum atomic E-state index is 10.6. The molecule has 15 nitrogen and oxygen atoms in total. The molecule has 0 rings (SSSR count). The number of ether oxygens (including phenoxy) is 3. The molecule has 0 N–H and O–H groups in total. The van der Waals surface area contributed by atoms with Crippen LogP contribution in [-0.2, 0) is 14.2 Å². The Morgan fingerprint density at radius 1 is 0.870 bits per heavy atom. The van der Waals surface area contributed by atoms with E-state index in [0.717, 1.165) is 0 Å². The zero-order valence-corrected chi connectivity index (χ0v) is 12.3. The van der Waals surface area contributed by atoms with Gasteiger partial charge in [-0.3, -0.25) is 40.5 Å². The Kier molecular flexibility index (Phi) is 6.82. The summed E-state index contributed by atoms with van der Waals surface area (Å²) in [7, 11) is 0. The molecule has 0 aliphatic heterocycles. The lowest BCUT2D eigenvalue weighted by Gasteiger charge is -2.18. The zero-order chi connectivity index (χ0) is 18.4. The van der Waals surface area contributed by atoms with Crippen molar-refractivity contribution in [2.45, 2.75) is 38.6 Å². The van der Waals surface area contributed by atoms with Gasteiger partial charge in [0.05, 0.1) is 6.92 Å². The minimum Gasteiger partial charge on any atom is -0.337 e. The summed E-state index contributed by atoms with van der Waals surface area (Å²) >= 11 is 0. The topological polar surface area (TPSA) is 200 Å². The lowest BCUT2D eigenvalue weighted by Crippen LogP contribution is -2.48. The monoisotopic (exact) mass is 342 g/mol. The largest absolute Gasteiger partial charge is 0.577 e. The van der Waals surface area contributed by atoms with Gasteiger partial charge in [-0.1, -0.05) is 0 Å². The van der Waals surface area contributed by atoms with Crippen LogP contribution in [0.5, 0.6) is 0 Å². The van der Waals surface area contributed by atoms with Gasteiger partial charge >= 0.3 is 11.5 Å². The summed E-state index contributed by atoms with van der Waals surface area (Å²) in [6, 6.07) is 0. The molecule has 15 heteroatoms. The van der Waals surface area contributed by atoms with E-state index in [4.69, 9.17) is 9.47 Å². The van der Waals surface area contributed by atoms with Crippen LogP contribution in [0.4, 0.5) is 0 Å². The molecule has 23 heavy (non-hydrogen) atoms. The van der Waals surface area contributed by atoms with Crippen LogP contribution < -0.4 is 0 Å². The lowest BCUT2D eigenvalue weighted by molar-refractivity contribution is -0.848. The highest BCUT2D eigenvalue weighted by molar-refractivity contribution is 4.58. The normalized spacial score (nSPS) is 13.3. The van der Waals surface area contributed by atoms with Crippen molar-refractivity contribution in [3.63, 3.8) is 0 Å². The van der Waals surface area contributed by atoms with E-state index in [0.29, 0.717) is 13.8 Å². The fourth-order valence-corrected chi connectivity index (χ4v) is 0.909. The molecule has 0 heterocycles. The first-order valence-corrected chi connectivity index (χ1v) is 5.83. The van der Waals surface area contributed by atoms with Crippen molar-refractivity contribution in [3.05, 3.63) is 40.5 Å². The number of hydrogen-bond donors (Lipinski definition) is 0. The molecule has 0 aromatic rings. The highest BCUT2D eigenvalue weighted by Crippen LogP contribution is 2.14. The van der Waals surface area contributed by atoms with E-state index in [1.165, 1.54) is 6.92 Å². The third kappa shape index (κ3) is 5.01. The average molecular weight is 342 g/mol. The molecular weight excluding hydrogens is 328 g/mol. The molecule has 0 aromatic carbocycles. The first-order chi connectivity index (χ1) is 10.4. The highest BCUT2D eigenvalue weighted by atomic mass is 16.8. The molecule has 0 aliphatic carbocycles. The molecule has 0 aliphatic rings. The van der Waals surface area contributed by atoms with E-state index >= 15 is 0 Å². The molecule has 0 radical (unpaired) electrons. The van der Waals surface area contributed by atoms with E-state index < -0.39 is 50.9 Å². The van der Waals surface area contributed by atoms with Crippen LogP contribution in [0.25, 0.3) is 0 Å². The fraction of sp³-hybridized carbons (Fsp3) is 1.00. The summed E-state index contributed by atoms with van der Waals surface area (Å²) in [5.74, 6) is -2.95. The van der Waals surface area contributed by atoms with E-state index in [1.54, 1.807) is 0 Å². The molecule has 0 amide bonds. The van der Waals surface area contributed by atoms with Gasteiger partial charge in [0.15, 0.2) is 19.7 Å². The summed E-state index contributed by atoms with van der Waals surface area (Å²) in [6.45, 7) is 0.549. The third-order valence-corrected chi connectivity index (χ3v) is 2.69. The molecule has 0 saturated heterocycles. The molecule has 0 fully saturated rings. The van der Waals surface area contributed by atoms with Gasteiger partial charge in [0.1, 0.15) is 26.6 Å². The van der Waals surface area contributed by atoms with E-state index in [-0.39, 0.29) is 0 Å². The Morgan fingerprint density at radius 3 is 1.65 bits per heavy atom. The summed E-state index contributed by atoms with van der Waals surface area (Å²) in [5, 5.41) is 42.4. The Balaban J connectivity index is 4.50. The SMILES string of the molecule is CC(OCOC(C)([N+](=O)[O-])[N+](=O)[O-])OCC(C)([N+](=O)[O-])[N+](=O)[O-]. The Morgan fingerprint density at radius 2 is 1.30 bits per heavy atom. The summed E-state index contributed by atoms with van der Waals surface area (Å²) in [4.78, 5) is 37.5. The summed E-state index contributed by atoms with van der Waals surface area (Å²) < 4.78 is 13.8.